The third-order valence-corrected chi connectivity index (χ3v) is 3.15. The first-order chi connectivity index (χ1) is 9.02. The Balaban J connectivity index is 2.43. The third kappa shape index (κ3) is 2.80. The molecule has 1 atom stereocenters. The molecule has 0 aliphatic carbocycles. The molecule has 0 bridgehead atoms. The molecule has 0 heterocycles. The van der Waals surface area contributed by atoms with Gasteiger partial charge in [0.05, 0.1) is 12.1 Å². The van der Waals surface area contributed by atoms with Gasteiger partial charge in [0.2, 0.25) is 0 Å². The lowest BCUT2D eigenvalue weighted by atomic mass is 9.99. The fourth-order valence-electron chi connectivity index (χ4n) is 1.81. The fourth-order valence-corrected chi connectivity index (χ4v) is 2.00. The highest BCUT2D eigenvalue weighted by Gasteiger charge is 2.16. The van der Waals surface area contributed by atoms with Crippen molar-refractivity contribution in [2.24, 2.45) is 0 Å². The van der Waals surface area contributed by atoms with Crippen molar-refractivity contribution in [2.45, 2.75) is 6.10 Å². The molecule has 0 radical (unpaired) electrons. The van der Waals surface area contributed by atoms with E-state index in [1.54, 1.807) is 18.2 Å². The summed E-state index contributed by atoms with van der Waals surface area (Å²) in [5.41, 5.74) is 6.90. The van der Waals surface area contributed by atoms with Crippen LogP contribution in [0.25, 0.3) is 0 Å². The molecular formula is C14H13ClFNO2. The normalized spacial score (nSPS) is 12.2. The van der Waals surface area contributed by atoms with E-state index in [1.807, 2.05) is 0 Å². The van der Waals surface area contributed by atoms with Crippen molar-refractivity contribution in [3.8, 4) is 5.75 Å². The zero-order valence-electron chi connectivity index (χ0n) is 10.2. The van der Waals surface area contributed by atoms with E-state index in [2.05, 4.69) is 0 Å². The molecule has 2 aromatic rings. The number of anilines is 1. The summed E-state index contributed by atoms with van der Waals surface area (Å²) < 4.78 is 18.3. The number of benzene rings is 2. The second-order valence-electron chi connectivity index (χ2n) is 4.07. The van der Waals surface area contributed by atoms with Gasteiger partial charge in [0.1, 0.15) is 17.7 Å². The van der Waals surface area contributed by atoms with Gasteiger partial charge >= 0.3 is 0 Å². The number of aliphatic hydroxyl groups excluding tert-OH is 1. The van der Waals surface area contributed by atoms with E-state index >= 15 is 0 Å². The molecule has 2 rings (SSSR count). The van der Waals surface area contributed by atoms with Crippen LogP contribution in [0.15, 0.2) is 36.4 Å². The molecule has 2 aromatic carbocycles. The molecule has 0 saturated carbocycles. The average molecular weight is 282 g/mol. The first-order valence-corrected chi connectivity index (χ1v) is 5.97. The predicted molar refractivity (Wildman–Crippen MR) is 72.9 cm³/mol. The summed E-state index contributed by atoms with van der Waals surface area (Å²) in [4.78, 5) is 0. The molecule has 0 aliphatic rings. The maximum Gasteiger partial charge on any atom is 0.137 e. The van der Waals surface area contributed by atoms with Crippen molar-refractivity contribution in [1.82, 2.24) is 0 Å². The van der Waals surface area contributed by atoms with Crippen molar-refractivity contribution < 1.29 is 14.2 Å². The van der Waals surface area contributed by atoms with Crippen LogP contribution in [-0.4, -0.2) is 12.2 Å². The van der Waals surface area contributed by atoms with Crippen LogP contribution in [0.2, 0.25) is 5.02 Å². The monoisotopic (exact) mass is 281 g/mol. The fraction of sp³-hybridized carbons (Fsp3) is 0.143. The van der Waals surface area contributed by atoms with Gasteiger partial charge in [0.15, 0.2) is 0 Å². The number of aliphatic hydroxyl groups is 1. The SMILES string of the molecule is COc1cc(C(O)c2cc(F)ccc2N)ccc1Cl. The van der Waals surface area contributed by atoms with Gasteiger partial charge in [-0.15, -0.1) is 0 Å². The Labute approximate surface area is 115 Å². The second kappa shape index (κ2) is 5.47. The molecular weight excluding hydrogens is 269 g/mol. The van der Waals surface area contributed by atoms with Crippen LogP contribution in [-0.2, 0) is 0 Å². The van der Waals surface area contributed by atoms with Crippen LogP contribution in [0.4, 0.5) is 10.1 Å². The van der Waals surface area contributed by atoms with Crippen LogP contribution in [0.3, 0.4) is 0 Å². The van der Waals surface area contributed by atoms with Gasteiger partial charge in [-0.1, -0.05) is 17.7 Å². The Morgan fingerprint density at radius 1 is 1.26 bits per heavy atom. The van der Waals surface area contributed by atoms with Crippen LogP contribution in [0.1, 0.15) is 17.2 Å². The van der Waals surface area contributed by atoms with Crippen molar-refractivity contribution in [1.29, 1.82) is 0 Å². The summed E-state index contributed by atoms with van der Waals surface area (Å²) in [5.74, 6) is -0.0163. The molecule has 0 saturated heterocycles. The Bertz CT molecular complexity index is 604. The third-order valence-electron chi connectivity index (χ3n) is 2.83. The lowest BCUT2D eigenvalue weighted by molar-refractivity contribution is 0.220. The smallest absolute Gasteiger partial charge is 0.137 e. The van der Waals surface area contributed by atoms with Crippen LogP contribution in [0, 0.1) is 5.82 Å². The van der Waals surface area contributed by atoms with Gasteiger partial charge in [-0.05, 0) is 35.9 Å². The summed E-state index contributed by atoms with van der Waals surface area (Å²) in [7, 11) is 1.48. The summed E-state index contributed by atoms with van der Waals surface area (Å²) >= 11 is 5.91. The van der Waals surface area contributed by atoms with Gasteiger partial charge in [0.25, 0.3) is 0 Å². The van der Waals surface area contributed by atoms with Gasteiger partial charge in [-0.25, -0.2) is 4.39 Å². The van der Waals surface area contributed by atoms with E-state index in [0.29, 0.717) is 27.6 Å². The quantitative estimate of drug-likeness (QED) is 0.850. The number of hydrogen-bond acceptors (Lipinski definition) is 3. The van der Waals surface area contributed by atoms with E-state index in [9.17, 15) is 9.50 Å². The highest BCUT2D eigenvalue weighted by Crippen LogP contribution is 2.32. The Morgan fingerprint density at radius 3 is 2.68 bits per heavy atom. The van der Waals surface area contributed by atoms with Crippen LogP contribution >= 0.6 is 11.6 Å². The van der Waals surface area contributed by atoms with Gasteiger partial charge in [-0.3, -0.25) is 0 Å². The minimum Gasteiger partial charge on any atom is -0.495 e. The molecule has 5 heteroatoms. The van der Waals surface area contributed by atoms with Crippen molar-refractivity contribution >= 4 is 17.3 Å². The van der Waals surface area contributed by atoms with Gasteiger partial charge in [0, 0.05) is 11.3 Å². The minimum absolute atomic E-state index is 0.310. The first-order valence-electron chi connectivity index (χ1n) is 5.59. The number of nitrogen functional groups attached to an aromatic ring is 1. The summed E-state index contributed by atoms with van der Waals surface area (Å²) in [6.07, 6.45) is -1.04. The lowest BCUT2D eigenvalue weighted by Crippen LogP contribution is -2.04. The molecule has 0 fully saturated rings. The standard InChI is InChI=1S/C14H13ClFNO2/c1-19-13-6-8(2-4-11(13)15)14(18)10-7-9(16)3-5-12(10)17/h2-7,14,18H,17H2,1H3. The van der Waals surface area contributed by atoms with Gasteiger partial charge in [-0.2, -0.15) is 0 Å². The summed E-state index contributed by atoms with van der Waals surface area (Å²) in [5, 5.41) is 10.7. The minimum atomic E-state index is -1.04. The molecule has 100 valence electrons. The van der Waals surface area contributed by atoms with E-state index in [4.69, 9.17) is 22.1 Å². The first kappa shape index (κ1) is 13.6. The van der Waals surface area contributed by atoms with Crippen LogP contribution in [0.5, 0.6) is 5.75 Å². The average Bonchev–Trinajstić information content (AvgIpc) is 2.41. The van der Waals surface area contributed by atoms with Gasteiger partial charge < -0.3 is 15.6 Å². The number of ether oxygens (including phenoxy) is 1. The molecule has 0 amide bonds. The van der Waals surface area contributed by atoms with Crippen LogP contribution < -0.4 is 10.5 Å². The number of methoxy groups -OCH3 is 1. The van der Waals surface area contributed by atoms with Crippen molar-refractivity contribution in [2.75, 3.05) is 12.8 Å². The summed E-state index contributed by atoms with van der Waals surface area (Å²) in [6, 6.07) is 8.71. The number of hydrogen-bond donors (Lipinski definition) is 2. The largest absolute Gasteiger partial charge is 0.495 e. The highest BCUT2D eigenvalue weighted by atomic mass is 35.5. The molecule has 3 nitrogen and oxygen atoms in total. The van der Waals surface area contributed by atoms with Crippen molar-refractivity contribution in [3.05, 3.63) is 58.4 Å². The van der Waals surface area contributed by atoms with Crippen molar-refractivity contribution in [3.63, 3.8) is 0 Å². The van der Waals surface area contributed by atoms with E-state index < -0.39 is 11.9 Å². The zero-order chi connectivity index (χ0) is 14.0. The maximum atomic E-state index is 13.2. The van der Waals surface area contributed by atoms with E-state index in [-0.39, 0.29) is 0 Å². The summed E-state index contributed by atoms with van der Waals surface area (Å²) in [6.45, 7) is 0. The second-order valence-corrected chi connectivity index (χ2v) is 4.48. The highest BCUT2D eigenvalue weighted by molar-refractivity contribution is 6.32. The van der Waals surface area contributed by atoms with E-state index in [0.717, 1.165) is 0 Å². The lowest BCUT2D eigenvalue weighted by Gasteiger charge is -2.15. The topological polar surface area (TPSA) is 55.5 Å². The predicted octanol–water partition coefficient (Wildman–Crippen LogP) is 3.15. The number of nitrogens with two attached hydrogens (primary N) is 1. The Kier molecular flexibility index (Phi) is 3.93. The molecule has 19 heavy (non-hydrogen) atoms. The zero-order valence-corrected chi connectivity index (χ0v) is 11.0. The molecule has 0 aliphatic heterocycles. The van der Waals surface area contributed by atoms with E-state index in [1.165, 1.54) is 25.3 Å². The Morgan fingerprint density at radius 2 is 2.00 bits per heavy atom. The molecule has 1 unspecified atom stereocenters. The Hall–Kier alpha value is -1.78. The molecule has 0 aromatic heterocycles. The molecule has 3 N–H and O–H groups in total. The maximum absolute atomic E-state index is 13.2. The molecule has 0 spiro atoms. The number of rotatable bonds is 3. The number of halogens is 2.